The Labute approximate surface area is 232 Å². The molecule has 0 radical (unpaired) electrons. The van der Waals surface area contributed by atoms with Crippen molar-refractivity contribution in [2.45, 2.75) is 32.9 Å². The molecule has 202 valence electrons. The molecule has 9 nitrogen and oxygen atoms in total. The Morgan fingerprint density at radius 3 is 2.53 bits per heavy atom. The Hall–Kier alpha value is -3.37. The molecule has 0 atom stereocenters. The van der Waals surface area contributed by atoms with E-state index in [1.54, 1.807) is 36.4 Å². The van der Waals surface area contributed by atoms with Crippen LogP contribution in [-0.2, 0) is 11.3 Å². The molecule has 0 saturated carbocycles. The number of halogens is 2. The first-order valence-electron chi connectivity index (χ1n) is 11.9. The lowest BCUT2D eigenvalue weighted by atomic mass is 10.1. The van der Waals surface area contributed by atoms with Crippen molar-refractivity contribution in [2.24, 2.45) is 0 Å². The highest BCUT2D eigenvalue weighted by molar-refractivity contribution is 6.32. The minimum atomic E-state index is -0.315. The van der Waals surface area contributed by atoms with Crippen molar-refractivity contribution < 1.29 is 19.4 Å². The molecule has 2 aromatic carbocycles. The van der Waals surface area contributed by atoms with Crippen LogP contribution in [0.4, 0.5) is 11.5 Å². The molecule has 1 amide bonds. The van der Waals surface area contributed by atoms with Crippen LogP contribution in [0.3, 0.4) is 0 Å². The van der Waals surface area contributed by atoms with Gasteiger partial charge in [0.2, 0.25) is 0 Å². The van der Waals surface area contributed by atoms with Crippen LogP contribution < -0.4 is 15.4 Å². The summed E-state index contributed by atoms with van der Waals surface area (Å²) in [6, 6.07) is 14.2. The predicted octanol–water partition coefficient (Wildman–Crippen LogP) is 5.58. The fourth-order valence-electron chi connectivity index (χ4n) is 3.65. The van der Waals surface area contributed by atoms with Crippen molar-refractivity contribution in [1.82, 2.24) is 19.9 Å². The van der Waals surface area contributed by atoms with Gasteiger partial charge in [-0.25, -0.2) is 9.97 Å². The second-order valence-electron chi connectivity index (χ2n) is 9.40. The molecule has 0 aliphatic heterocycles. The summed E-state index contributed by atoms with van der Waals surface area (Å²) in [5, 5.41) is 15.6. The number of nitrogens with one attached hydrogen (secondary N) is 2. The van der Waals surface area contributed by atoms with E-state index in [1.165, 1.54) is 6.33 Å². The predicted molar refractivity (Wildman–Crippen MR) is 151 cm³/mol. The summed E-state index contributed by atoms with van der Waals surface area (Å²) in [6.45, 7) is 7.14. The highest BCUT2D eigenvalue weighted by atomic mass is 35.5. The van der Waals surface area contributed by atoms with Gasteiger partial charge in [0, 0.05) is 29.5 Å². The molecule has 0 spiro atoms. The summed E-state index contributed by atoms with van der Waals surface area (Å²) >= 11 is 6.52. The van der Waals surface area contributed by atoms with E-state index in [2.05, 4.69) is 20.6 Å². The highest BCUT2D eigenvalue weighted by Crippen LogP contribution is 2.33. The first kappa shape index (κ1) is 29.2. The van der Waals surface area contributed by atoms with E-state index in [-0.39, 0.29) is 30.5 Å². The van der Waals surface area contributed by atoms with Gasteiger partial charge in [-0.3, -0.25) is 4.79 Å². The van der Waals surface area contributed by atoms with E-state index >= 15 is 0 Å². The van der Waals surface area contributed by atoms with Crippen LogP contribution in [0.2, 0.25) is 5.02 Å². The number of aromatic nitrogens is 3. The van der Waals surface area contributed by atoms with E-state index in [9.17, 15) is 4.79 Å². The van der Waals surface area contributed by atoms with Crippen LogP contribution in [0.5, 0.6) is 11.5 Å². The van der Waals surface area contributed by atoms with Crippen LogP contribution in [0.15, 0.2) is 61.1 Å². The SMILES string of the molecule is CC(C)(C)NC(=O)c1ccc(Oc2ccc(Nc3ncnc4ccn(CCOCCO)c34)cc2Cl)cc1.Cl. The molecule has 3 N–H and O–H groups in total. The lowest BCUT2D eigenvalue weighted by Crippen LogP contribution is -2.40. The standard InChI is InChI=1S/C27H30ClN5O4.ClH/c1-27(2,3)32-26(35)18-4-7-20(8-5-18)37-23-9-6-19(16-21(23)28)31-25-24-22(29-17-30-25)10-11-33(24)12-14-36-15-13-34;/h4-11,16-17,34H,12-15H2,1-3H3,(H,32,35)(H,29,30,31);1H. The summed E-state index contributed by atoms with van der Waals surface area (Å²) in [5.74, 6) is 1.53. The molecular formula is C27H31Cl2N5O4. The molecule has 0 unspecified atom stereocenters. The van der Waals surface area contributed by atoms with Gasteiger partial charge in [-0.15, -0.1) is 12.4 Å². The number of nitrogens with zero attached hydrogens (tertiary/aromatic N) is 3. The quantitative estimate of drug-likeness (QED) is 0.217. The number of carbonyl (C=O) groups is 1. The molecule has 2 aromatic heterocycles. The topological polar surface area (TPSA) is 111 Å². The molecule has 2 heterocycles. The van der Waals surface area contributed by atoms with Gasteiger partial charge >= 0.3 is 0 Å². The molecule has 0 fully saturated rings. The number of ether oxygens (including phenoxy) is 2. The zero-order chi connectivity index (χ0) is 26.4. The summed E-state index contributed by atoms with van der Waals surface area (Å²) < 4.78 is 13.3. The molecule has 0 bridgehead atoms. The maximum Gasteiger partial charge on any atom is 0.251 e. The van der Waals surface area contributed by atoms with Crippen molar-refractivity contribution in [2.75, 3.05) is 25.1 Å². The number of aliphatic hydroxyl groups is 1. The summed E-state index contributed by atoms with van der Waals surface area (Å²) in [6.07, 6.45) is 3.43. The van der Waals surface area contributed by atoms with Crippen LogP contribution in [0.25, 0.3) is 11.0 Å². The van der Waals surface area contributed by atoms with Crippen molar-refractivity contribution in [3.63, 3.8) is 0 Å². The van der Waals surface area contributed by atoms with Gasteiger partial charge in [0.1, 0.15) is 23.3 Å². The number of anilines is 2. The maximum absolute atomic E-state index is 12.3. The van der Waals surface area contributed by atoms with Crippen molar-refractivity contribution in [3.8, 4) is 11.5 Å². The van der Waals surface area contributed by atoms with Crippen molar-refractivity contribution >= 4 is 52.5 Å². The van der Waals surface area contributed by atoms with Crippen LogP contribution in [-0.4, -0.2) is 50.9 Å². The van der Waals surface area contributed by atoms with E-state index in [4.69, 9.17) is 26.2 Å². The summed E-state index contributed by atoms with van der Waals surface area (Å²) in [7, 11) is 0. The van der Waals surface area contributed by atoms with Gasteiger partial charge in [0.25, 0.3) is 5.91 Å². The fraction of sp³-hybridized carbons (Fsp3) is 0.296. The van der Waals surface area contributed by atoms with Gasteiger partial charge in [-0.2, -0.15) is 0 Å². The number of aliphatic hydroxyl groups excluding tert-OH is 1. The number of hydrogen-bond acceptors (Lipinski definition) is 7. The minimum absolute atomic E-state index is 0. The average molecular weight is 560 g/mol. The molecular weight excluding hydrogens is 529 g/mol. The van der Waals surface area contributed by atoms with Crippen LogP contribution >= 0.6 is 24.0 Å². The van der Waals surface area contributed by atoms with E-state index in [1.807, 2.05) is 43.7 Å². The second kappa shape index (κ2) is 12.9. The number of benzene rings is 2. The zero-order valence-electron chi connectivity index (χ0n) is 21.4. The maximum atomic E-state index is 12.3. The van der Waals surface area contributed by atoms with Crippen LogP contribution in [0, 0.1) is 0 Å². The summed E-state index contributed by atoms with van der Waals surface area (Å²) in [5.41, 5.74) is 2.60. The first-order chi connectivity index (χ1) is 17.7. The third-order valence-corrected chi connectivity index (χ3v) is 5.59. The zero-order valence-corrected chi connectivity index (χ0v) is 23.0. The first-order valence-corrected chi connectivity index (χ1v) is 12.3. The number of rotatable bonds is 10. The number of amides is 1. The third kappa shape index (κ3) is 7.58. The molecule has 38 heavy (non-hydrogen) atoms. The lowest BCUT2D eigenvalue weighted by molar-refractivity contribution is 0.0875. The largest absolute Gasteiger partial charge is 0.456 e. The summed E-state index contributed by atoms with van der Waals surface area (Å²) in [4.78, 5) is 21.1. The van der Waals surface area contributed by atoms with Gasteiger partial charge in [-0.05, 0) is 69.3 Å². The second-order valence-corrected chi connectivity index (χ2v) is 9.81. The lowest BCUT2D eigenvalue weighted by Gasteiger charge is -2.20. The molecule has 0 saturated heterocycles. The Balaban J connectivity index is 0.00000400. The van der Waals surface area contributed by atoms with Crippen LogP contribution in [0.1, 0.15) is 31.1 Å². The molecule has 0 aliphatic rings. The molecule has 11 heteroatoms. The third-order valence-electron chi connectivity index (χ3n) is 5.29. The smallest absolute Gasteiger partial charge is 0.251 e. The molecule has 4 rings (SSSR count). The average Bonchev–Trinajstić information content (AvgIpc) is 3.27. The van der Waals surface area contributed by atoms with Gasteiger partial charge in [0.15, 0.2) is 5.82 Å². The Morgan fingerprint density at radius 2 is 1.84 bits per heavy atom. The highest BCUT2D eigenvalue weighted by Gasteiger charge is 2.16. The molecule has 4 aromatic rings. The number of hydrogen-bond donors (Lipinski definition) is 3. The van der Waals surface area contributed by atoms with E-state index < -0.39 is 0 Å². The Kier molecular flexibility index (Phi) is 9.93. The molecule has 0 aliphatic carbocycles. The monoisotopic (exact) mass is 559 g/mol. The Morgan fingerprint density at radius 1 is 1.08 bits per heavy atom. The van der Waals surface area contributed by atoms with Crippen molar-refractivity contribution in [3.05, 3.63) is 71.6 Å². The van der Waals surface area contributed by atoms with Gasteiger partial charge in [-0.1, -0.05) is 11.6 Å². The fourth-order valence-corrected chi connectivity index (χ4v) is 3.87. The number of carbonyl (C=O) groups excluding carboxylic acids is 1. The normalized spacial score (nSPS) is 11.2. The Bertz CT molecular complexity index is 1370. The van der Waals surface area contributed by atoms with Gasteiger partial charge in [0.05, 0.1) is 30.4 Å². The number of fused-ring (bicyclic) bond motifs is 1. The van der Waals surface area contributed by atoms with E-state index in [0.717, 1.165) is 16.7 Å². The van der Waals surface area contributed by atoms with Crippen molar-refractivity contribution in [1.29, 1.82) is 0 Å². The minimum Gasteiger partial charge on any atom is -0.456 e. The van der Waals surface area contributed by atoms with E-state index in [0.29, 0.717) is 47.7 Å². The van der Waals surface area contributed by atoms with Gasteiger partial charge < -0.3 is 29.8 Å².